The SMILES string of the molecule is C=C(CC)CC(NN)c1ccc2nccnc2c1. The lowest BCUT2D eigenvalue weighted by Gasteiger charge is -2.17. The molecule has 3 N–H and O–H groups in total. The molecule has 0 bridgehead atoms. The number of benzene rings is 1. The normalized spacial score (nSPS) is 12.6. The number of hydrogen-bond donors (Lipinski definition) is 2. The Hall–Kier alpha value is -1.78. The zero-order valence-corrected chi connectivity index (χ0v) is 10.6. The number of rotatable bonds is 5. The van der Waals surface area contributed by atoms with Crippen LogP contribution in [0.2, 0.25) is 0 Å². The lowest BCUT2D eigenvalue weighted by Crippen LogP contribution is -2.28. The van der Waals surface area contributed by atoms with Crippen molar-refractivity contribution in [2.45, 2.75) is 25.8 Å². The van der Waals surface area contributed by atoms with E-state index in [0.29, 0.717) is 0 Å². The van der Waals surface area contributed by atoms with E-state index in [1.807, 2.05) is 18.2 Å². The van der Waals surface area contributed by atoms with Gasteiger partial charge in [-0.25, -0.2) is 0 Å². The molecule has 1 heterocycles. The minimum atomic E-state index is 0.0730. The van der Waals surface area contributed by atoms with Crippen LogP contribution in [0.5, 0.6) is 0 Å². The number of nitrogens with one attached hydrogen (secondary N) is 1. The van der Waals surface area contributed by atoms with Crippen molar-refractivity contribution < 1.29 is 0 Å². The summed E-state index contributed by atoms with van der Waals surface area (Å²) in [4.78, 5) is 8.56. The number of fused-ring (bicyclic) bond motifs is 1. The molecule has 0 aliphatic rings. The zero-order valence-electron chi connectivity index (χ0n) is 10.6. The van der Waals surface area contributed by atoms with E-state index in [1.54, 1.807) is 12.4 Å². The Morgan fingerprint density at radius 3 is 2.72 bits per heavy atom. The van der Waals surface area contributed by atoms with Gasteiger partial charge in [-0.15, -0.1) is 0 Å². The fourth-order valence-corrected chi connectivity index (χ4v) is 1.90. The molecular weight excluding hydrogens is 224 g/mol. The van der Waals surface area contributed by atoms with E-state index in [9.17, 15) is 0 Å². The van der Waals surface area contributed by atoms with Crippen LogP contribution in [0, 0.1) is 0 Å². The van der Waals surface area contributed by atoms with Gasteiger partial charge in [0.05, 0.1) is 11.0 Å². The number of aromatic nitrogens is 2. The predicted octanol–water partition coefficient (Wildman–Crippen LogP) is 2.49. The highest BCUT2D eigenvalue weighted by Crippen LogP contribution is 2.23. The molecule has 1 aromatic carbocycles. The van der Waals surface area contributed by atoms with Gasteiger partial charge in [0.2, 0.25) is 0 Å². The lowest BCUT2D eigenvalue weighted by molar-refractivity contribution is 0.545. The van der Waals surface area contributed by atoms with Crippen LogP contribution in [0.25, 0.3) is 11.0 Å². The van der Waals surface area contributed by atoms with E-state index in [4.69, 9.17) is 5.84 Å². The summed E-state index contributed by atoms with van der Waals surface area (Å²) in [6.45, 7) is 6.12. The largest absolute Gasteiger partial charge is 0.271 e. The number of hydrogen-bond acceptors (Lipinski definition) is 4. The van der Waals surface area contributed by atoms with Crippen LogP contribution in [0.4, 0.5) is 0 Å². The van der Waals surface area contributed by atoms with E-state index in [0.717, 1.165) is 29.4 Å². The summed E-state index contributed by atoms with van der Waals surface area (Å²) in [5, 5.41) is 0. The molecule has 1 aromatic heterocycles. The molecular formula is C14H18N4. The van der Waals surface area contributed by atoms with Crippen molar-refractivity contribution in [1.82, 2.24) is 15.4 Å². The Kier molecular flexibility index (Phi) is 4.02. The van der Waals surface area contributed by atoms with E-state index in [2.05, 4.69) is 28.9 Å². The quantitative estimate of drug-likeness (QED) is 0.480. The molecule has 18 heavy (non-hydrogen) atoms. The minimum Gasteiger partial charge on any atom is -0.271 e. The second-order valence-electron chi connectivity index (χ2n) is 4.33. The van der Waals surface area contributed by atoms with Crippen LogP contribution in [-0.2, 0) is 0 Å². The molecule has 0 saturated heterocycles. The first-order chi connectivity index (χ1) is 8.74. The van der Waals surface area contributed by atoms with Gasteiger partial charge in [-0.3, -0.25) is 21.2 Å². The molecule has 0 fully saturated rings. The van der Waals surface area contributed by atoms with Crippen LogP contribution >= 0.6 is 0 Å². The summed E-state index contributed by atoms with van der Waals surface area (Å²) in [6.07, 6.45) is 5.19. The first-order valence-electron chi connectivity index (χ1n) is 6.08. The third-order valence-corrected chi connectivity index (χ3v) is 3.09. The van der Waals surface area contributed by atoms with E-state index >= 15 is 0 Å². The monoisotopic (exact) mass is 242 g/mol. The topological polar surface area (TPSA) is 63.8 Å². The molecule has 0 aliphatic heterocycles. The fraction of sp³-hybridized carbons (Fsp3) is 0.286. The third kappa shape index (κ3) is 2.72. The standard InChI is InChI=1S/C14H18N4/c1-3-10(2)8-13(18-15)11-4-5-12-14(9-11)17-7-6-16-12/h4-7,9,13,18H,2-3,8,15H2,1H3. The maximum atomic E-state index is 5.62. The lowest BCUT2D eigenvalue weighted by atomic mass is 9.98. The number of hydrazine groups is 1. The van der Waals surface area contributed by atoms with Crippen molar-refractivity contribution in [1.29, 1.82) is 0 Å². The fourth-order valence-electron chi connectivity index (χ4n) is 1.90. The Morgan fingerprint density at radius 2 is 2.06 bits per heavy atom. The third-order valence-electron chi connectivity index (χ3n) is 3.09. The van der Waals surface area contributed by atoms with Crippen molar-refractivity contribution in [3.8, 4) is 0 Å². The molecule has 0 radical (unpaired) electrons. The smallest absolute Gasteiger partial charge is 0.0890 e. The van der Waals surface area contributed by atoms with Crippen molar-refractivity contribution in [3.63, 3.8) is 0 Å². The number of nitrogens with two attached hydrogens (primary N) is 1. The molecule has 94 valence electrons. The van der Waals surface area contributed by atoms with Gasteiger partial charge in [0, 0.05) is 18.4 Å². The van der Waals surface area contributed by atoms with Crippen molar-refractivity contribution in [3.05, 3.63) is 48.3 Å². The molecule has 1 atom stereocenters. The van der Waals surface area contributed by atoms with E-state index in [-0.39, 0.29) is 6.04 Å². The molecule has 2 aromatic rings. The van der Waals surface area contributed by atoms with Crippen LogP contribution in [0.3, 0.4) is 0 Å². The Balaban J connectivity index is 2.30. The average Bonchev–Trinajstić information content (AvgIpc) is 2.44. The molecule has 0 spiro atoms. The summed E-state index contributed by atoms with van der Waals surface area (Å²) in [7, 11) is 0. The summed E-state index contributed by atoms with van der Waals surface area (Å²) in [6, 6.07) is 6.10. The Morgan fingerprint density at radius 1 is 1.33 bits per heavy atom. The summed E-state index contributed by atoms with van der Waals surface area (Å²) < 4.78 is 0. The molecule has 2 rings (SSSR count). The average molecular weight is 242 g/mol. The maximum absolute atomic E-state index is 5.62. The molecule has 0 saturated carbocycles. The summed E-state index contributed by atoms with van der Waals surface area (Å²) >= 11 is 0. The minimum absolute atomic E-state index is 0.0730. The highest BCUT2D eigenvalue weighted by atomic mass is 15.2. The van der Waals surface area contributed by atoms with E-state index in [1.165, 1.54) is 5.57 Å². The highest BCUT2D eigenvalue weighted by Gasteiger charge is 2.11. The van der Waals surface area contributed by atoms with Crippen LogP contribution in [-0.4, -0.2) is 9.97 Å². The van der Waals surface area contributed by atoms with Crippen molar-refractivity contribution >= 4 is 11.0 Å². The van der Waals surface area contributed by atoms with Crippen molar-refractivity contribution in [2.75, 3.05) is 0 Å². The zero-order chi connectivity index (χ0) is 13.0. The molecule has 0 aliphatic carbocycles. The number of nitrogens with zero attached hydrogens (tertiary/aromatic N) is 2. The van der Waals surface area contributed by atoms with Crippen molar-refractivity contribution in [2.24, 2.45) is 5.84 Å². The first-order valence-corrected chi connectivity index (χ1v) is 6.08. The van der Waals surface area contributed by atoms with Gasteiger partial charge in [-0.2, -0.15) is 0 Å². The summed E-state index contributed by atoms with van der Waals surface area (Å²) in [5.41, 5.74) is 6.91. The van der Waals surface area contributed by atoms with E-state index < -0.39 is 0 Å². The Bertz CT molecular complexity index is 550. The molecule has 4 heteroatoms. The van der Waals surface area contributed by atoms with Crippen LogP contribution < -0.4 is 11.3 Å². The second kappa shape index (κ2) is 5.71. The maximum Gasteiger partial charge on any atom is 0.0890 e. The van der Waals surface area contributed by atoms with Gasteiger partial charge in [-0.1, -0.05) is 25.1 Å². The molecule has 1 unspecified atom stereocenters. The Labute approximate surface area is 107 Å². The summed E-state index contributed by atoms with van der Waals surface area (Å²) in [5.74, 6) is 5.62. The van der Waals surface area contributed by atoms with Crippen LogP contribution in [0.15, 0.2) is 42.7 Å². The van der Waals surface area contributed by atoms with Gasteiger partial charge in [0.1, 0.15) is 0 Å². The first kappa shape index (κ1) is 12.7. The van der Waals surface area contributed by atoms with Gasteiger partial charge >= 0.3 is 0 Å². The van der Waals surface area contributed by atoms with Gasteiger partial charge in [0.15, 0.2) is 0 Å². The second-order valence-corrected chi connectivity index (χ2v) is 4.33. The molecule has 4 nitrogen and oxygen atoms in total. The molecule has 0 amide bonds. The van der Waals surface area contributed by atoms with Crippen LogP contribution in [0.1, 0.15) is 31.4 Å². The van der Waals surface area contributed by atoms with Gasteiger partial charge in [0.25, 0.3) is 0 Å². The highest BCUT2D eigenvalue weighted by molar-refractivity contribution is 5.74. The van der Waals surface area contributed by atoms with Gasteiger partial charge in [-0.05, 0) is 30.5 Å². The predicted molar refractivity (Wildman–Crippen MR) is 73.7 cm³/mol. The van der Waals surface area contributed by atoms with Gasteiger partial charge < -0.3 is 0 Å².